The Bertz CT molecular complexity index is 159. The van der Waals surface area contributed by atoms with Crippen LogP contribution in [0.4, 0.5) is 0 Å². The molecule has 2 aliphatic rings. The van der Waals surface area contributed by atoms with Crippen LogP contribution < -0.4 is 5.73 Å². The molecule has 2 nitrogen and oxygen atoms in total. The zero-order chi connectivity index (χ0) is 9.26. The minimum absolute atomic E-state index is 0.683. The molecular formula is C11H22N2. The number of hydrogen-bond acceptors (Lipinski definition) is 2. The van der Waals surface area contributed by atoms with Gasteiger partial charge in [0.15, 0.2) is 0 Å². The lowest BCUT2D eigenvalue weighted by Gasteiger charge is -2.32. The highest BCUT2D eigenvalue weighted by atomic mass is 15.2. The van der Waals surface area contributed by atoms with Crippen molar-refractivity contribution in [2.45, 2.75) is 50.6 Å². The van der Waals surface area contributed by atoms with Gasteiger partial charge in [0.05, 0.1) is 0 Å². The van der Waals surface area contributed by atoms with Crippen molar-refractivity contribution in [3.63, 3.8) is 0 Å². The second-order valence-corrected chi connectivity index (χ2v) is 4.74. The highest BCUT2D eigenvalue weighted by Crippen LogP contribution is 2.36. The van der Waals surface area contributed by atoms with E-state index >= 15 is 0 Å². The SMILES string of the molecule is CN(C1CCCC1)C(CN)C1CC1. The smallest absolute Gasteiger partial charge is 0.0246 e. The number of rotatable bonds is 4. The Balaban J connectivity index is 1.88. The third kappa shape index (κ3) is 2.05. The molecule has 0 aromatic carbocycles. The zero-order valence-electron chi connectivity index (χ0n) is 8.71. The summed E-state index contributed by atoms with van der Waals surface area (Å²) in [5, 5.41) is 0. The summed E-state index contributed by atoms with van der Waals surface area (Å²) in [6.45, 7) is 0.859. The van der Waals surface area contributed by atoms with E-state index in [1.165, 1.54) is 38.5 Å². The van der Waals surface area contributed by atoms with Crippen LogP contribution in [0.25, 0.3) is 0 Å². The molecule has 0 bridgehead atoms. The molecule has 13 heavy (non-hydrogen) atoms. The van der Waals surface area contributed by atoms with Crippen LogP contribution in [0.1, 0.15) is 38.5 Å². The lowest BCUT2D eigenvalue weighted by molar-refractivity contribution is 0.161. The highest BCUT2D eigenvalue weighted by molar-refractivity contribution is 4.91. The van der Waals surface area contributed by atoms with E-state index < -0.39 is 0 Å². The molecule has 0 heterocycles. The lowest BCUT2D eigenvalue weighted by atomic mass is 10.1. The molecule has 2 N–H and O–H groups in total. The van der Waals surface area contributed by atoms with Crippen LogP contribution in [-0.4, -0.2) is 30.6 Å². The first kappa shape index (κ1) is 9.47. The fourth-order valence-corrected chi connectivity index (χ4v) is 2.75. The quantitative estimate of drug-likeness (QED) is 0.715. The number of nitrogens with zero attached hydrogens (tertiary/aromatic N) is 1. The Kier molecular flexibility index (Phi) is 2.89. The summed E-state index contributed by atoms with van der Waals surface area (Å²) < 4.78 is 0. The third-order valence-corrected chi connectivity index (χ3v) is 3.83. The van der Waals surface area contributed by atoms with Gasteiger partial charge >= 0.3 is 0 Å². The second kappa shape index (κ2) is 3.97. The Hall–Kier alpha value is -0.0800. The van der Waals surface area contributed by atoms with Crippen LogP contribution in [0.3, 0.4) is 0 Å². The molecule has 0 aromatic rings. The summed E-state index contributed by atoms with van der Waals surface area (Å²) >= 11 is 0. The topological polar surface area (TPSA) is 29.3 Å². The Labute approximate surface area is 81.5 Å². The van der Waals surface area contributed by atoms with E-state index in [-0.39, 0.29) is 0 Å². The predicted octanol–water partition coefficient (Wildman–Crippen LogP) is 1.60. The maximum atomic E-state index is 5.84. The molecule has 0 radical (unpaired) electrons. The van der Waals surface area contributed by atoms with E-state index in [0.717, 1.165) is 18.5 Å². The molecule has 1 atom stereocenters. The van der Waals surface area contributed by atoms with Crippen LogP contribution >= 0.6 is 0 Å². The monoisotopic (exact) mass is 182 g/mol. The average Bonchev–Trinajstić information content (AvgIpc) is 2.83. The standard InChI is InChI=1S/C11H22N2/c1-13(10-4-2-3-5-10)11(8-12)9-6-7-9/h9-11H,2-8,12H2,1H3. The fraction of sp³-hybridized carbons (Fsp3) is 1.00. The largest absolute Gasteiger partial charge is 0.329 e. The molecule has 2 fully saturated rings. The number of hydrogen-bond donors (Lipinski definition) is 1. The number of nitrogens with two attached hydrogens (primary N) is 1. The third-order valence-electron chi connectivity index (χ3n) is 3.83. The van der Waals surface area contributed by atoms with Crippen LogP contribution in [0.5, 0.6) is 0 Å². The van der Waals surface area contributed by atoms with E-state index in [4.69, 9.17) is 5.73 Å². The molecule has 2 saturated carbocycles. The molecule has 2 aliphatic carbocycles. The Morgan fingerprint density at radius 1 is 1.23 bits per heavy atom. The van der Waals surface area contributed by atoms with Gasteiger partial charge in [0.2, 0.25) is 0 Å². The van der Waals surface area contributed by atoms with Gasteiger partial charge in [-0.1, -0.05) is 12.8 Å². The van der Waals surface area contributed by atoms with Crippen molar-refractivity contribution in [3.05, 3.63) is 0 Å². The Morgan fingerprint density at radius 3 is 2.31 bits per heavy atom. The van der Waals surface area contributed by atoms with E-state index in [2.05, 4.69) is 11.9 Å². The molecule has 0 spiro atoms. The van der Waals surface area contributed by atoms with Gasteiger partial charge in [-0.25, -0.2) is 0 Å². The van der Waals surface area contributed by atoms with Gasteiger partial charge in [-0.3, -0.25) is 4.90 Å². The maximum Gasteiger partial charge on any atom is 0.0246 e. The molecule has 0 aromatic heterocycles. The minimum atomic E-state index is 0.683. The molecule has 76 valence electrons. The molecule has 0 aliphatic heterocycles. The van der Waals surface area contributed by atoms with E-state index in [1.807, 2.05) is 0 Å². The van der Waals surface area contributed by atoms with Crippen LogP contribution in [0.15, 0.2) is 0 Å². The van der Waals surface area contributed by atoms with Crippen molar-refractivity contribution in [2.75, 3.05) is 13.6 Å². The van der Waals surface area contributed by atoms with Crippen molar-refractivity contribution in [2.24, 2.45) is 11.7 Å². The van der Waals surface area contributed by atoms with Crippen molar-refractivity contribution in [1.29, 1.82) is 0 Å². The van der Waals surface area contributed by atoms with Crippen molar-refractivity contribution >= 4 is 0 Å². The van der Waals surface area contributed by atoms with Gasteiger partial charge in [-0.05, 0) is 38.6 Å². The number of likely N-dealkylation sites (N-methyl/N-ethyl adjacent to an activating group) is 1. The van der Waals surface area contributed by atoms with Gasteiger partial charge in [0.1, 0.15) is 0 Å². The second-order valence-electron chi connectivity index (χ2n) is 4.74. The van der Waals surface area contributed by atoms with Crippen LogP contribution in [0, 0.1) is 5.92 Å². The van der Waals surface area contributed by atoms with Gasteiger partial charge in [-0.15, -0.1) is 0 Å². The summed E-state index contributed by atoms with van der Waals surface area (Å²) in [5.41, 5.74) is 5.84. The fourth-order valence-electron chi connectivity index (χ4n) is 2.75. The zero-order valence-corrected chi connectivity index (χ0v) is 8.71. The van der Waals surface area contributed by atoms with Crippen LogP contribution in [0.2, 0.25) is 0 Å². The molecule has 2 heteroatoms. The maximum absolute atomic E-state index is 5.84. The predicted molar refractivity (Wildman–Crippen MR) is 55.6 cm³/mol. The van der Waals surface area contributed by atoms with Gasteiger partial charge in [0, 0.05) is 18.6 Å². The van der Waals surface area contributed by atoms with E-state index in [1.54, 1.807) is 0 Å². The van der Waals surface area contributed by atoms with Crippen molar-refractivity contribution in [1.82, 2.24) is 4.90 Å². The first-order chi connectivity index (χ1) is 6.33. The van der Waals surface area contributed by atoms with Gasteiger partial charge < -0.3 is 5.73 Å². The van der Waals surface area contributed by atoms with Gasteiger partial charge in [0.25, 0.3) is 0 Å². The molecule has 2 rings (SSSR count). The first-order valence-corrected chi connectivity index (χ1v) is 5.75. The molecule has 0 saturated heterocycles. The normalized spacial score (nSPS) is 27.0. The van der Waals surface area contributed by atoms with E-state index in [9.17, 15) is 0 Å². The highest BCUT2D eigenvalue weighted by Gasteiger charge is 2.35. The lowest BCUT2D eigenvalue weighted by Crippen LogP contribution is -2.44. The van der Waals surface area contributed by atoms with Crippen molar-refractivity contribution in [3.8, 4) is 0 Å². The molecular weight excluding hydrogens is 160 g/mol. The molecule has 1 unspecified atom stereocenters. The minimum Gasteiger partial charge on any atom is -0.329 e. The van der Waals surface area contributed by atoms with E-state index in [0.29, 0.717) is 6.04 Å². The summed E-state index contributed by atoms with van der Waals surface area (Å²) in [7, 11) is 2.28. The summed E-state index contributed by atoms with van der Waals surface area (Å²) in [6.07, 6.45) is 8.49. The summed E-state index contributed by atoms with van der Waals surface area (Å²) in [4.78, 5) is 2.57. The Morgan fingerprint density at radius 2 is 1.85 bits per heavy atom. The van der Waals surface area contributed by atoms with Crippen molar-refractivity contribution < 1.29 is 0 Å². The molecule has 0 amide bonds. The summed E-state index contributed by atoms with van der Waals surface area (Å²) in [6, 6.07) is 1.53. The summed E-state index contributed by atoms with van der Waals surface area (Å²) in [5.74, 6) is 0.926. The first-order valence-electron chi connectivity index (χ1n) is 5.75. The average molecular weight is 182 g/mol. The van der Waals surface area contributed by atoms with Crippen LogP contribution in [-0.2, 0) is 0 Å². The van der Waals surface area contributed by atoms with Gasteiger partial charge in [-0.2, -0.15) is 0 Å².